The van der Waals surface area contributed by atoms with Gasteiger partial charge in [0.1, 0.15) is 6.20 Å². The highest BCUT2D eigenvalue weighted by Gasteiger charge is 2.20. The molecule has 10 heteroatoms. The zero-order valence-corrected chi connectivity index (χ0v) is 11.4. The van der Waals surface area contributed by atoms with Crippen molar-refractivity contribution in [3.63, 3.8) is 0 Å². The molecule has 0 bridgehead atoms. The van der Waals surface area contributed by atoms with Gasteiger partial charge in [-0.1, -0.05) is 13.0 Å². The summed E-state index contributed by atoms with van der Waals surface area (Å²) in [7, 11) is 0. The van der Waals surface area contributed by atoms with Gasteiger partial charge in [0.2, 0.25) is 11.6 Å². The van der Waals surface area contributed by atoms with Gasteiger partial charge in [-0.05, 0) is 18.1 Å². The highest BCUT2D eigenvalue weighted by atomic mass is 16.6. The molecule has 0 amide bonds. The Morgan fingerprint density at radius 1 is 1.23 bits per heavy atom. The number of nitrogen functional groups attached to an aromatic ring is 1. The fourth-order valence-corrected chi connectivity index (χ4v) is 1.67. The molecule has 22 heavy (non-hydrogen) atoms. The van der Waals surface area contributed by atoms with E-state index in [0.29, 0.717) is 6.42 Å². The largest absolute Gasteiger partial charge is 0.417 e. The number of nitrogens with zero attached hydrogens (tertiary/aromatic N) is 4. The summed E-state index contributed by atoms with van der Waals surface area (Å²) in [5.74, 6) is -0.460. The third-order valence-corrected chi connectivity index (χ3v) is 2.80. The van der Waals surface area contributed by atoms with E-state index in [2.05, 4.69) is 9.97 Å². The zero-order chi connectivity index (χ0) is 16.3. The number of nitrogens with two attached hydrogens (primary N) is 1. The summed E-state index contributed by atoms with van der Waals surface area (Å²) in [6, 6.07) is 4.15. The SMILES string of the molecule is CCc1ccc(Oc2ncc([N+](=O)[O-])c(N)n2)c([N+](=O)[O-])c1. The second-order valence-corrected chi connectivity index (χ2v) is 4.19. The molecule has 0 aliphatic heterocycles. The number of aryl methyl sites for hydroxylation is 1. The van der Waals surface area contributed by atoms with Crippen LogP contribution in [0.5, 0.6) is 11.8 Å². The molecule has 1 aromatic carbocycles. The minimum atomic E-state index is -0.738. The quantitative estimate of drug-likeness (QED) is 0.653. The predicted molar refractivity (Wildman–Crippen MR) is 75.6 cm³/mol. The number of anilines is 1. The summed E-state index contributed by atoms with van der Waals surface area (Å²) < 4.78 is 5.22. The first-order chi connectivity index (χ1) is 10.4. The molecule has 0 aliphatic carbocycles. The Labute approximate surface area is 123 Å². The van der Waals surface area contributed by atoms with Crippen molar-refractivity contribution in [2.24, 2.45) is 0 Å². The number of hydrogen-bond donors (Lipinski definition) is 1. The summed E-state index contributed by atoms with van der Waals surface area (Å²) in [4.78, 5) is 27.6. The molecule has 0 atom stereocenters. The van der Waals surface area contributed by atoms with Crippen LogP contribution in [-0.2, 0) is 6.42 Å². The Morgan fingerprint density at radius 2 is 1.91 bits per heavy atom. The first-order valence-corrected chi connectivity index (χ1v) is 6.14. The zero-order valence-electron chi connectivity index (χ0n) is 11.4. The Morgan fingerprint density at radius 3 is 2.45 bits per heavy atom. The molecule has 1 aromatic heterocycles. The van der Waals surface area contributed by atoms with Crippen LogP contribution in [0.15, 0.2) is 24.4 Å². The Kier molecular flexibility index (Phi) is 4.11. The minimum absolute atomic E-state index is 0.0737. The maximum absolute atomic E-state index is 11.1. The molecule has 2 aromatic rings. The van der Waals surface area contributed by atoms with E-state index in [-0.39, 0.29) is 23.3 Å². The smallest absolute Gasteiger partial charge is 0.329 e. The number of nitro groups is 2. The van der Waals surface area contributed by atoms with Crippen molar-refractivity contribution >= 4 is 17.2 Å². The summed E-state index contributed by atoms with van der Waals surface area (Å²) in [6.45, 7) is 1.86. The van der Waals surface area contributed by atoms with Crippen molar-refractivity contribution in [2.45, 2.75) is 13.3 Å². The van der Waals surface area contributed by atoms with E-state index in [9.17, 15) is 20.2 Å². The van der Waals surface area contributed by atoms with Crippen LogP contribution in [-0.4, -0.2) is 19.8 Å². The molecular weight excluding hydrogens is 294 g/mol. The summed E-state index contributed by atoms with van der Waals surface area (Å²) in [5, 5.41) is 21.7. The highest BCUT2D eigenvalue weighted by Crippen LogP contribution is 2.32. The molecule has 114 valence electrons. The molecular formula is C12H11N5O5. The molecule has 0 spiro atoms. The lowest BCUT2D eigenvalue weighted by molar-refractivity contribution is -0.385. The number of nitro benzene ring substituents is 1. The second-order valence-electron chi connectivity index (χ2n) is 4.19. The van der Waals surface area contributed by atoms with Gasteiger partial charge in [0.05, 0.1) is 9.85 Å². The lowest BCUT2D eigenvalue weighted by Gasteiger charge is -2.06. The maximum Gasteiger partial charge on any atom is 0.329 e. The van der Waals surface area contributed by atoms with Gasteiger partial charge in [-0.2, -0.15) is 9.97 Å². The third kappa shape index (κ3) is 3.06. The third-order valence-electron chi connectivity index (χ3n) is 2.80. The summed E-state index contributed by atoms with van der Waals surface area (Å²) >= 11 is 0. The summed E-state index contributed by atoms with van der Waals surface area (Å²) in [5.41, 5.74) is 5.46. The van der Waals surface area contributed by atoms with Crippen LogP contribution in [0, 0.1) is 20.2 Å². The van der Waals surface area contributed by atoms with Crippen LogP contribution in [0.2, 0.25) is 0 Å². The van der Waals surface area contributed by atoms with Gasteiger partial charge in [0, 0.05) is 6.07 Å². The van der Waals surface area contributed by atoms with E-state index < -0.39 is 15.5 Å². The Bertz CT molecular complexity index is 749. The lowest BCUT2D eigenvalue weighted by Crippen LogP contribution is -2.02. The van der Waals surface area contributed by atoms with Gasteiger partial charge in [-0.3, -0.25) is 20.2 Å². The molecule has 0 fully saturated rings. The van der Waals surface area contributed by atoms with Crippen molar-refractivity contribution in [1.29, 1.82) is 0 Å². The van der Waals surface area contributed by atoms with Crippen LogP contribution < -0.4 is 10.5 Å². The molecule has 0 radical (unpaired) electrons. The van der Waals surface area contributed by atoms with Crippen LogP contribution in [0.4, 0.5) is 17.2 Å². The molecule has 2 rings (SSSR count). The second kappa shape index (κ2) is 5.99. The minimum Gasteiger partial charge on any atom is -0.417 e. The molecule has 0 unspecified atom stereocenters. The predicted octanol–water partition coefficient (Wildman–Crippen LogP) is 2.23. The fraction of sp³-hybridized carbons (Fsp3) is 0.167. The number of ether oxygens (including phenoxy) is 1. The molecule has 1 heterocycles. The fourth-order valence-electron chi connectivity index (χ4n) is 1.67. The van der Waals surface area contributed by atoms with Crippen molar-refractivity contribution in [2.75, 3.05) is 5.73 Å². The van der Waals surface area contributed by atoms with E-state index in [0.717, 1.165) is 11.8 Å². The number of benzene rings is 1. The van der Waals surface area contributed by atoms with Crippen molar-refractivity contribution < 1.29 is 14.6 Å². The molecule has 0 aliphatic rings. The van der Waals surface area contributed by atoms with Crippen LogP contribution in [0.1, 0.15) is 12.5 Å². The number of aromatic nitrogens is 2. The Balaban J connectivity index is 2.36. The van der Waals surface area contributed by atoms with Crippen LogP contribution in [0.25, 0.3) is 0 Å². The first-order valence-electron chi connectivity index (χ1n) is 6.14. The van der Waals surface area contributed by atoms with Crippen LogP contribution >= 0.6 is 0 Å². The van der Waals surface area contributed by atoms with Gasteiger partial charge >= 0.3 is 17.4 Å². The van der Waals surface area contributed by atoms with Crippen molar-refractivity contribution in [3.05, 3.63) is 50.2 Å². The van der Waals surface area contributed by atoms with Gasteiger partial charge in [0.15, 0.2) is 0 Å². The van der Waals surface area contributed by atoms with E-state index in [4.69, 9.17) is 10.5 Å². The monoisotopic (exact) mass is 305 g/mol. The van der Waals surface area contributed by atoms with E-state index in [1.807, 2.05) is 6.92 Å². The molecule has 0 saturated carbocycles. The molecule has 10 nitrogen and oxygen atoms in total. The molecule has 2 N–H and O–H groups in total. The van der Waals surface area contributed by atoms with Gasteiger partial charge in [-0.15, -0.1) is 0 Å². The summed E-state index contributed by atoms with van der Waals surface area (Å²) in [6.07, 6.45) is 1.51. The average molecular weight is 305 g/mol. The van der Waals surface area contributed by atoms with Gasteiger partial charge in [-0.25, -0.2) is 0 Å². The van der Waals surface area contributed by atoms with Gasteiger partial charge in [0.25, 0.3) is 0 Å². The van der Waals surface area contributed by atoms with E-state index >= 15 is 0 Å². The highest BCUT2D eigenvalue weighted by molar-refractivity contribution is 5.52. The van der Waals surface area contributed by atoms with E-state index in [1.54, 1.807) is 6.07 Å². The van der Waals surface area contributed by atoms with Gasteiger partial charge < -0.3 is 10.5 Å². The topological polar surface area (TPSA) is 147 Å². The first kappa shape index (κ1) is 15.1. The number of hydrogen-bond acceptors (Lipinski definition) is 8. The van der Waals surface area contributed by atoms with Crippen LogP contribution in [0.3, 0.4) is 0 Å². The lowest BCUT2D eigenvalue weighted by atomic mass is 10.1. The van der Waals surface area contributed by atoms with Crippen molar-refractivity contribution in [3.8, 4) is 11.8 Å². The maximum atomic E-state index is 11.1. The van der Waals surface area contributed by atoms with E-state index in [1.165, 1.54) is 12.1 Å². The standard InChI is InChI=1S/C12H11N5O5/c1-2-7-3-4-10(8(5-7)16(18)19)22-12-14-6-9(17(20)21)11(13)15-12/h3-6H,2H2,1H3,(H2,13,14,15). The average Bonchev–Trinajstić information content (AvgIpc) is 2.47. The molecule has 0 saturated heterocycles. The normalized spacial score (nSPS) is 10.2. The van der Waals surface area contributed by atoms with Crippen molar-refractivity contribution in [1.82, 2.24) is 9.97 Å². The number of rotatable bonds is 5. The Hall–Kier alpha value is -3.30.